The van der Waals surface area contributed by atoms with E-state index in [-0.39, 0.29) is 17.5 Å². The van der Waals surface area contributed by atoms with Crippen LogP contribution in [0, 0.1) is 5.82 Å². The number of halogens is 2. The highest BCUT2D eigenvalue weighted by Gasteiger charge is 2.41. The van der Waals surface area contributed by atoms with Gasteiger partial charge in [0, 0.05) is 11.1 Å². The number of hydrazine groups is 1. The van der Waals surface area contributed by atoms with E-state index in [4.69, 9.17) is 10.6 Å². The number of nitrogens with two attached hydrogens (primary N) is 1. The van der Waals surface area contributed by atoms with Crippen molar-refractivity contribution < 1.29 is 9.13 Å². The summed E-state index contributed by atoms with van der Waals surface area (Å²) >= 11 is 3.28. The van der Waals surface area contributed by atoms with Gasteiger partial charge in [-0.3, -0.25) is 11.3 Å². The molecule has 1 aromatic carbocycles. The Morgan fingerprint density at radius 1 is 1.45 bits per heavy atom. The molecular weight excluding hydrogens is 323 g/mol. The van der Waals surface area contributed by atoms with Crippen LogP contribution in [0.3, 0.4) is 0 Å². The normalized spacial score (nSPS) is 19.2. The summed E-state index contributed by atoms with van der Waals surface area (Å²) in [6.45, 7) is 2.65. The molecule has 0 aromatic heterocycles. The van der Waals surface area contributed by atoms with Crippen molar-refractivity contribution >= 4 is 15.9 Å². The Labute approximate surface area is 128 Å². The number of hydrogen-bond acceptors (Lipinski definition) is 3. The summed E-state index contributed by atoms with van der Waals surface area (Å²) in [5, 5.41) is 0. The van der Waals surface area contributed by atoms with Crippen LogP contribution in [0.1, 0.15) is 38.2 Å². The second kappa shape index (κ2) is 6.98. The predicted molar refractivity (Wildman–Crippen MR) is 81.7 cm³/mol. The third-order valence-electron chi connectivity index (χ3n) is 4.16. The summed E-state index contributed by atoms with van der Waals surface area (Å²) < 4.78 is 20.8. The molecule has 112 valence electrons. The van der Waals surface area contributed by atoms with Crippen LogP contribution in [0.4, 0.5) is 4.39 Å². The summed E-state index contributed by atoms with van der Waals surface area (Å²) in [7, 11) is 0. The van der Waals surface area contributed by atoms with Gasteiger partial charge >= 0.3 is 0 Å². The highest BCUT2D eigenvalue weighted by Crippen LogP contribution is 2.37. The van der Waals surface area contributed by atoms with Gasteiger partial charge < -0.3 is 4.74 Å². The Kier molecular flexibility index (Phi) is 5.55. The van der Waals surface area contributed by atoms with Gasteiger partial charge in [-0.05, 0) is 43.9 Å². The summed E-state index contributed by atoms with van der Waals surface area (Å²) in [6.07, 6.45) is 4.78. The van der Waals surface area contributed by atoms with Gasteiger partial charge in [0.15, 0.2) is 0 Å². The first-order chi connectivity index (χ1) is 9.61. The van der Waals surface area contributed by atoms with Crippen LogP contribution >= 0.6 is 15.9 Å². The lowest BCUT2D eigenvalue weighted by Gasteiger charge is -2.37. The fraction of sp³-hybridized carbons (Fsp3) is 0.600. The second-order valence-electron chi connectivity index (χ2n) is 5.36. The van der Waals surface area contributed by atoms with Crippen molar-refractivity contribution in [1.82, 2.24) is 5.43 Å². The maximum Gasteiger partial charge on any atom is 0.127 e. The lowest BCUT2D eigenvalue weighted by Crippen LogP contribution is -2.54. The first-order valence-electron chi connectivity index (χ1n) is 7.15. The fourth-order valence-corrected chi connectivity index (χ4v) is 3.49. The molecule has 1 atom stereocenters. The van der Waals surface area contributed by atoms with Crippen LogP contribution in [-0.2, 0) is 11.2 Å². The average molecular weight is 345 g/mol. The lowest BCUT2D eigenvalue weighted by atomic mass is 9.87. The standard InChI is InChI=1S/C15H22BrFN2O/c1-2-20-15(7-3-4-8-15)14(19-18)9-11-5-6-12(16)10-13(11)17/h5-6,10,14,19H,2-4,7-9,18H2,1H3. The predicted octanol–water partition coefficient (Wildman–Crippen LogP) is 3.31. The smallest absolute Gasteiger partial charge is 0.127 e. The van der Waals surface area contributed by atoms with E-state index in [9.17, 15) is 4.39 Å². The van der Waals surface area contributed by atoms with E-state index >= 15 is 0 Å². The number of ether oxygens (including phenoxy) is 1. The van der Waals surface area contributed by atoms with Gasteiger partial charge in [0.05, 0.1) is 11.6 Å². The molecule has 5 heteroatoms. The van der Waals surface area contributed by atoms with Crippen molar-refractivity contribution in [3.63, 3.8) is 0 Å². The largest absolute Gasteiger partial charge is 0.374 e. The van der Waals surface area contributed by atoms with Crippen LogP contribution in [0.15, 0.2) is 22.7 Å². The third-order valence-corrected chi connectivity index (χ3v) is 4.65. The van der Waals surface area contributed by atoms with Crippen LogP contribution in [0.2, 0.25) is 0 Å². The van der Waals surface area contributed by atoms with E-state index in [2.05, 4.69) is 21.4 Å². The van der Waals surface area contributed by atoms with E-state index in [1.165, 1.54) is 6.07 Å². The molecule has 0 amide bonds. The monoisotopic (exact) mass is 344 g/mol. The van der Waals surface area contributed by atoms with Crippen molar-refractivity contribution in [2.75, 3.05) is 6.61 Å². The van der Waals surface area contributed by atoms with Crippen molar-refractivity contribution in [1.29, 1.82) is 0 Å². The van der Waals surface area contributed by atoms with E-state index in [0.717, 1.165) is 30.2 Å². The van der Waals surface area contributed by atoms with Crippen molar-refractivity contribution in [3.8, 4) is 0 Å². The number of hydrogen-bond donors (Lipinski definition) is 2. The van der Waals surface area contributed by atoms with Crippen molar-refractivity contribution in [2.45, 2.75) is 50.7 Å². The molecule has 1 aliphatic carbocycles. The zero-order valence-electron chi connectivity index (χ0n) is 11.8. The van der Waals surface area contributed by atoms with Gasteiger partial charge in [0.1, 0.15) is 5.82 Å². The molecule has 20 heavy (non-hydrogen) atoms. The van der Waals surface area contributed by atoms with Crippen LogP contribution in [-0.4, -0.2) is 18.2 Å². The highest BCUT2D eigenvalue weighted by atomic mass is 79.9. The van der Waals surface area contributed by atoms with Crippen LogP contribution < -0.4 is 11.3 Å². The molecule has 0 bridgehead atoms. The zero-order chi connectivity index (χ0) is 14.6. The maximum atomic E-state index is 14.0. The van der Waals surface area contributed by atoms with Crippen LogP contribution in [0.5, 0.6) is 0 Å². The molecule has 1 aromatic rings. The minimum absolute atomic E-state index is 0.0689. The Bertz CT molecular complexity index is 449. The van der Waals surface area contributed by atoms with E-state index < -0.39 is 0 Å². The molecule has 0 aliphatic heterocycles. The van der Waals surface area contributed by atoms with Gasteiger partial charge in [-0.25, -0.2) is 4.39 Å². The number of benzene rings is 1. The first kappa shape index (κ1) is 15.9. The molecule has 2 rings (SSSR count). The van der Waals surface area contributed by atoms with Gasteiger partial charge in [0.25, 0.3) is 0 Å². The Morgan fingerprint density at radius 3 is 2.70 bits per heavy atom. The Morgan fingerprint density at radius 2 is 2.15 bits per heavy atom. The molecule has 3 N–H and O–H groups in total. The quantitative estimate of drug-likeness (QED) is 0.614. The summed E-state index contributed by atoms with van der Waals surface area (Å²) in [4.78, 5) is 0. The van der Waals surface area contributed by atoms with Crippen molar-refractivity contribution in [3.05, 3.63) is 34.1 Å². The van der Waals surface area contributed by atoms with E-state index in [1.807, 2.05) is 13.0 Å². The molecule has 1 fully saturated rings. The van der Waals surface area contributed by atoms with Gasteiger partial charge in [0.2, 0.25) is 0 Å². The molecule has 0 heterocycles. The summed E-state index contributed by atoms with van der Waals surface area (Å²) in [6, 6.07) is 5.08. The molecule has 0 saturated heterocycles. The third kappa shape index (κ3) is 3.39. The van der Waals surface area contributed by atoms with E-state index in [1.54, 1.807) is 6.07 Å². The number of nitrogens with one attached hydrogen (secondary N) is 1. The summed E-state index contributed by atoms with van der Waals surface area (Å²) in [5.74, 6) is 5.53. The number of rotatable bonds is 6. The SMILES string of the molecule is CCOC1(C(Cc2ccc(Br)cc2F)NN)CCCC1. The molecule has 1 unspecified atom stereocenters. The Balaban J connectivity index is 2.18. The maximum absolute atomic E-state index is 14.0. The molecule has 0 spiro atoms. The molecular formula is C15H22BrFN2O. The molecule has 1 aliphatic rings. The fourth-order valence-electron chi connectivity index (χ4n) is 3.16. The first-order valence-corrected chi connectivity index (χ1v) is 7.94. The summed E-state index contributed by atoms with van der Waals surface area (Å²) in [5.41, 5.74) is 3.26. The Hall–Kier alpha value is -0.490. The topological polar surface area (TPSA) is 47.3 Å². The lowest BCUT2D eigenvalue weighted by molar-refractivity contribution is -0.0614. The highest BCUT2D eigenvalue weighted by molar-refractivity contribution is 9.10. The molecule has 0 radical (unpaired) electrons. The van der Waals surface area contributed by atoms with Gasteiger partial charge in [-0.15, -0.1) is 0 Å². The van der Waals surface area contributed by atoms with Crippen molar-refractivity contribution in [2.24, 2.45) is 5.84 Å². The minimum Gasteiger partial charge on any atom is -0.374 e. The average Bonchev–Trinajstić information content (AvgIpc) is 2.88. The molecule has 1 saturated carbocycles. The zero-order valence-corrected chi connectivity index (χ0v) is 13.4. The van der Waals surface area contributed by atoms with E-state index in [0.29, 0.717) is 18.6 Å². The minimum atomic E-state index is -0.261. The van der Waals surface area contributed by atoms with Gasteiger partial charge in [-0.2, -0.15) is 0 Å². The van der Waals surface area contributed by atoms with Crippen LogP contribution in [0.25, 0.3) is 0 Å². The van der Waals surface area contributed by atoms with Gasteiger partial charge in [-0.1, -0.05) is 34.8 Å². The molecule has 3 nitrogen and oxygen atoms in total. The second-order valence-corrected chi connectivity index (χ2v) is 6.28.